The van der Waals surface area contributed by atoms with E-state index in [-0.39, 0.29) is 18.3 Å². The van der Waals surface area contributed by atoms with Crippen LogP contribution in [0.15, 0.2) is 65.7 Å². The first-order chi connectivity index (χ1) is 14.2. The largest absolute Gasteiger partial charge is 0.379 e. The van der Waals surface area contributed by atoms with E-state index in [1.807, 2.05) is 19.1 Å². The second-order valence-corrected chi connectivity index (χ2v) is 7.50. The molecule has 1 saturated heterocycles. The van der Waals surface area contributed by atoms with Gasteiger partial charge in [-0.15, -0.1) is 12.4 Å². The minimum Gasteiger partial charge on any atom is -0.379 e. The van der Waals surface area contributed by atoms with Gasteiger partial charge in [0.15, 0.2) is 0 Å². The minimum absolute atomic E-state index is 0. The lowest BCUT2D eigenvalue weighted by Gasteiger charge is -2.39. The van der Waals surface area contributed by atoms with Crippen molar-refractivity contribution >= 4 is 24.0 Å². The van der Waals surface area contributed by atoms with Crippen molar-refractivity contribution in [2.24, 2.45) is 4.99 Å². The van der Waals surface area contributed by atoms with Crippen molar-refractivity contribution < 1.29 is 9.53 Å². The number of morpholine rings is 1. The van der Waals surface area contributed by atoms with E-state index >= 15 is 0 Å². The number of aliphatic imine (C=N–C) groups is 1. The first kappa shape index (κ1) is 24.3. The van der Waals surface area contributed by atoms with Crippen LogP contribution in [0.4, 0.5) is 0 Å². The zero-order valence-electron chi connectivity index (χ0n) is 18.0. The lowest BCUT2D eigenvalue weighted by atomic mass is 9.67. The molecular formula is C25H33ClN2O2. The van der Waals surface area contributed by atoms with E-state index in [9.17, 15) is 4.79 Å². The molecule has 0 saturated carbocycles. The summed E-state index contributed by atoms with van der Waals surface area (Å²) < 4.78 is 5.53. The van der Waals surface area contributed by atoms with E-state index in [4.69, 9.17) is 4.74 Å². The maximum absolute atomic E-state index is 12.4. The molecule has 0 bridgehead atoms. The third kappa shape index (κ3) is 5.57. The van der Waals surface area contributed by atoms with Gasteiger partial charge in [0.1, 0.15) is 0 Å². The molecule has 0 radical (unpaired) electrons. The molecule has 0 aromatic heterocycles. The molecule has 4 nitrogen and oxygen atoms in total. The Morgan fingerprint density at radius 2 is 1.47 bits per heavy atom. The molecule has 5 heteroatoms. The smallest absolute Gasteiger partial charge is 0.245 e. The second-order valence-electron chi connectivity index (χ2n) is 7.50. The maximum atomic E-state index is 12.4. The number of hydrogen-bond donors (Lipinski definition) is 0. The molecule has 162 valence electrons. The van der Waals surface area contributed by atoms with Gasteiger partial charge in [0.25, 0.3) is 0 Å². The zero-order valence-corrected chi connectivity index (χ0v) is 18.9. The van der Waals surface area contributed by atoms with E-state index in [1.54, 1.807) is 0 Å². The highest BCUT2D eigenvalue weighted by Crippen LogP contribution is 2.39. The molecule has 0 spiro atoms. The Balaban J connectivity index is 0.00000320. The summed E-state index contributed by atoms with van der Waals surface area (Å²) in [5.74, 6) is -0.0514. The number of carbonyl (C=O) groups excluding carboxylic acids is 1. The molecule has 1 heterocycles. The SMILES string of the molecule is CCC(=O)N=C(CC)C(CCN1CCOCC1)(c1ccccc1)c1ccccc1.Cl. The molecule has 0 unspecified atom stereocenters. The Morgan fingerprint density at radius 1 is 0.933 bits per heavy atom. The van der Waals surface area contributed by atoms with Crippen LogP contribution in [0.2, 0.25) is 0 Å². The number of nitrogens with zero attached hydrogens (tertiary/aromatic N) is 2. The molecule has 2 aromatic carbocycles. The minimum atomic E-state index is -0.416. The van der Waals surface area contributed by atoms with Gasteiger partial charge in [-0.2, -0.15) is 0 Å². The lowest BCUT2D eigenvalue weighted by Crippen LogP contribution is -2.44. The highest BCUT2D eigenvalue weighted by Gasteiger charge is 2.39. The topological polar surface area (TPSA) is 41.9 Å². The van der Waals surface area contributed by atoms with Crippen molar-refractivity contribution in [2.75, 3.05) is 32.8 Å². The standard InChI is InChI=1S/C25H32N2O2.ClH/c1-3-23(26-24(28)4-2)25(21-11-7-5-8-12-21,22-13-9-6-10-14-22)15-16-27-17-19-29-20-18-27;/h5-14H,3-4,15-20H2,1-2H3;1H. The third-order valence-corrected chi connectivity index (χ3v) is 5.83. The van der Waals surface area contributed by atoms with Gasteiger partial charge >= 0.3 is 0 Å². The summed E-state index contributed by atoms with van der Waals surface area (Å²) in [7, 11) is 0. The molecule has 30 heavy (non-hydrogen) atoms. The van der Waals surface area contributed by atoms with E-state index in [0.717, 1.165) is 51.4 Å². The van der Waals surface area contributed by atoms with Gasteiger partial charge < -0.3 is 4.74 Å². The van der Waals surface area contributed by atoms with Gasteiger partial charge in [-0.05, 0) is 30.5 Å². The fourth-order valence-corrected chi connectivity index (χ4v) is 4.23. The number of carbonyl (C=O) groups is 1. The molecule has 1 aliphatic rings. The Kier molecular flexibility index (Phi) is 9.70. The summed E-state index contributed by atoms with van der Waals surface area (Å²) in [5, 5.41) is 0. The summed E-state index contributed by atoms with van der Waals surface area (Å²) in [5.41, 5.74) is 2.93. The Labute approximate surface area is 186 Å². The van der Waals surface area contributed by atoms with Crippen molar-refractivity contribution in [3.63, 3.8) is 0 Å². The number of ether oxygens (including phenoxy) is 1. The summed E-state index contributed by atoms with van der Waals surface area (Å²) in [6, 6.07) is 21.1. The van der Waals surface area contributed by atoms with Crippen LogP contribution in [-0.4, -0.2) is 49.4 Å². The Bertz CT molecular complexity index is 763. The van der Waals surface area contributed by atoms with Gasteiger partial charge in [0, 0.05) is 25.2 Å². The second kappa shape index (κ2) is 12.0. The maximum Gasteiger partial charge on any atom is 0.245 e. The molecule has 1 amide bonds. The van der Waals surface area contributed by atoms with Crippen LogP contribution in [-0.2, 0) is 14.9 Å². The van der Waals surface area contributed by atoms with Crippen LogP contribution in [0, 0.1) is 0 Å². The van der Waals surface area contributed by atoms with Crippen LogP contribution < -0.4 is 0 Å². The van der Waals surface area contributed by atoms with Gasteiger partial charge in [-0.1, -0.05) is 74.5 Å². The normalized spacial score (nSPS) is 15.5. The number of benzene rings is 2. The van der Waals surface area contributed by atoms with Crippen molar-refractivity contribution in [1.82, 2.24) is 4.90 Å². The average Bonchev–Trinajstić information content (AvgIpc) is 2.80. The summed E-state index contributed by atoms with van der Waals surface area (Å²) >= 11 is 0. The van der Waals surface area contributed by atoms with Crippen LogP contribution >= 0.6 is 12.4 Å². The van der Waals surface area contributed by atoms with Crippen molar-refractivity contribution in [3.05, 3.63) is 71.8 Å². The Morgan fingerprint density at radius 3 is 1.93 bits per heavy atom. The first-order valence-electron chi connectivity index (χ1n) is 10.7. The molecular weight excluding hydrogens is 396 g/mol. The Hall–Kier alpha value is -2.01. The van der Waals surface area contributed by atoms with E-state index in [1.165, 1.54) is 11.1 Å². The molecule has 1 fully saturated rings. The van der Waals surface area contributed by atoms with E-state index < -0.39 is 5.41 Å². The van der Waals surface area contributed by atoms with E-state index in [2.05, 4.69) is 65.3 Å². The van der Waals surface area contributed by atoms with Gasteiger partial charge in [-0.25, -0.2) is 4.99 Å². The fourth-order valence-electron chi connectivity index (χ4n) is 4.23. The highest BCUT2D eigenvalue weighted by atomic mass is 35.5. The van der Waals surface area contributed by atoms with Gasteiger partial charge in [-0.3, -0.25) is 9.69 Å². The van der Waals surface area contributed by atoms with Gasteiger partial charge in [0.05, 0.1) is 18.6 Å². The molecule has 0 aliphatic carbocycles. The predicted molar refractivity (Wildman–Crippen MR) is 126 cm³/mol. The molecule has 2 aromatic rings. The first-order valence-corrected chi connectivity index (χ1v) is 10.7. The van der Waals surface area contributed by atoms with Crippen molar-refractivity contribution in [3.8, 4) is 0 Å². The average molecular weight is 429 g/mol. The van der Waals surface area contributed by atoms with Crippen LogP contribution in [0.25, 0.3) is 0 Å². The summed E-state index contributed by atoms with van der Waals surface area (Å²) in [4.78, 5) is 19.5. The number of rotatable bonds is 8. The monoisotopic (exact) mass is 428 g/mol. The zero-order chi connectivity index (χ0) is 20.5. The number of amides is 1. The molecule has 0 N–H and O–H groups in total. The number of hydrogen-bond acceptors (Lipinski definition) is 3. The van der Waals surface area contributed by atoms with Crippen LogP contribution in [0.1, 0.15) is 44.2 Å². The highest BCUT2D eigenvalue weighted by molar-refractivity contribution is 6.04. The quantitative estimate of drug-likeness (QED) is 0.561. The number of halogens is 1. The fraction of sp³-hybridized carbons (Fsp3) is 0.440. The van der Waals surface area contributed by atoms with Crippen molar-refractivity contribution in [2.45, 2.75) is 38.5 Å². The molecule has 1 aliphatic heterocycles. The summed E-state index contributed by atoms with van der Waals surface area (Å²) in [6.07, 6.45) is 2.04. The summed E-state index contributed by atoms with van der Waals surface area (Å²) in [6.45, 7) is 8.39. The van der Waals surface area contributed by atoms with E-state index in [0.29, 0.717) is 6.42 Å². The lowest BCUT2D eigenvalue weighted by molar-refractivity contribution is -0.117. The van der Waals surface area contributed by atoms with Crippen molar-refractivity contribution in [1.29, 1.82) is 0 Å². The van der Waals surface area contributed by atoms with Gasteiger partial charge in [0.2, 0.25) is 5.91 Å². The molecule has 3 rings (SSSR count). The van der Waals surface area contributed by atoms with Crippen LogP contribution in [0.3, 0.4) is 0 Å². The third-order valence-electron chi connectivity index (χ3n) is 5.83. The van der Waals surface area contributed by atoms with Crippen LogP contribution in [0.5, 0.6) is 0 Å². The molecule has 0 atom stereocenters. The predicted octanol–water partition coefficient (Wildman–Crippen LogP) is 4.90.